The lowest BCUT2D eigenvalue weighted by molar-refractivity contribution is -0.138. The second-order valence-electron chi connectivity index (χ2n) is 19.9. The standard InChI is InChI=1S/C51H57N9O6/c1-26(2)42(57-49(63)65-6)47(61)59-38-20-31(38)22-40(59)45-53-24-37(55-45)30-14-10-28(11-15-30)34-17-16-33(35-18-19-52-43(34)35)27-8-12-29(13-9-27)36-25-54-46(56-36)41-23-32-21-39(32)60(41)48(62)44(51(3,4)5)58-50(64)66-7/h8-19,24-26,31-32,38-42,44,52H,20-23H2,1-7H3,(H,53,55)(H,54,56)(H,57,63)(H,58,64). The molecule has 4 fully saturated rings. The minimum absolute atomic E-state index is 0.0998. The van der Waals surface area contributed by atoms with Crippen molar-refractivity contribution in [1.29, 1.82) is 0 Å². The summed E-state index contributed by atoms with van der Waals surface area (Å²) >= 11 is 0. The summed E-state index contributed by atoms with van der Waals surface area (Å²) in [5, 5.41) is 6.65. The van der Waals surface area contributed by atoms with Gasteiger partial charge in [-0.25, -0.2) is 19.6 Å². The number of alkyl carbamates (subject to hydrolysis) is 2. The van der Waals surface area contributed by atoms with E-state index in [1.54, 1.807) is 0 Å². The first-order valence-electron chi connectivity index (χ1n) is 23.0. The predicted octanol–water partition coefficient (Wildman–Crippen LogP) is 8.76. The number of nitrogens with one attached hydrogen (secondary N) is 5. The monoisotopic (exact) mass is 891 g/mol. The van der Waals surface area contributed by atoms with E-state index in [-0.39, 0.29) is 41.9 Å². The number of likely N-dealkylation sites (tertiary alicyclic amines) is 2. The molecule has 3 aromatic carbocycles. The second kappa shape index (κ2) is 16.5. The fourth-order valence-electron chi connectivity index (χ4n) is 10.5. The molecule has 5 heterocycles. The fraction of sp³-hybridized carbons (Fsp3) is 0.412. The number of aromatic amines is 3. The summed E-state index contributed by atoms with van der Waals surface area (Å²) in [7, 11) is 2.61. The van der Waals surface area contributed by atoms with Crippen molar-refractivity contribution >= 4 is 34.9 Å². The van der Waals surface area contributed by atoms with Gasteiger partial charge in [0.25, 0.3) is 0 Å². The van der Waals surface area contributed by atoms with Crippen molar-refractivity contribution in [3.05, 3.63) is 97.0 Å². The number of rotatable bonds is 11. The Morgan fingerprint density at radius 3 is 1.65 bits per heavy atom. The molecule has 2 saturated heterocycles. The van der Waals surface area contributed by atoms with Crippen LogP contribution in [0.1, 0.15) is 84.0 Å². The van der Waals surface area contributed by atoms with E-state index in [4.69, 9.17) is 19.4 Å². The number of carbonyl (C=O) groups is 4. The fourth-order valence-corrected chi connectivity index (χ4v) is 10.5. The summed E-state index contributed by atoms with van der Waals surface area (Å²) in [5.41, 5.74) is 8.61. The molecular formula is C51H57N9O6. The second-order valence-corrected chi connectivity index (χ2v) is 19.9. The SMILES string of the molecule is COC(=O)NC(C(=O)N1C(c2ncc(-c3ccc(-c4ccc(-c5ccc(-c6cnc(C7CC8CC8N7C(=O)C(NC(=O)OC)C(C)(C)C)[nH]6)cc5)c5cc[nH]c45)cc3)[nH]2)CC2CC21)C(C)C. The van der Waals surface area contributed by atoms with Crippen LogP contribution in [0, 0.1) is 23.2 Å². The van der Waals surface area contributed by atoms with Crippen molar-refractivity contribution in [1.82, 2.24) is 45.4 Å². The van der Waals surface area contributed by atoms with Crippen molar-refractivity contribution < 1.29 is 28.7 Å². The summed E-state index contributed by atoms with van der Waals surface area (Å²) in [5.74, 6) is 2.06. The summed E-state index contributed by atoms with van der Waals surface area (Å²) in [6.45, 7) is 9.68. The maximum atomic E-state index is 14.1. The summed E-state index contributed by atoms with van der Waals surface area (Å²) in [6.07, 6.45) is 8.03. The summed E-state index contributed by atoms with van der Waals surface area (Å²) in [6, 6.07) is 21.8. The molecular weight excluding hydrogens is 835 g/mol. The Labute approximate surface area is 383 Å². The molecule has 0 bridgehead atoms. The zero-order chi connectivity index (χ0) is 46.2. The van der Waals surface area contributed by atoms with Crippen molar-refractivity contribution in [2.45, 2.75) is 96.6 Å². The van der Waals surface area contributed by atoms with E-state index in [0.717, 1.165) is 93.0 Å². The van der Waals surface area contributed by atoms with Crippen molar-refractivity contribution in [2.75, 3.05) is 14.2 Å². The van der Waals surface area contributed by atoms with Crippen LogP contribution in [0.15, 0.2) is 85.3 Å². The molecule has 8 unspecified atom stereocenters. The Hall–Kier alpha value is -6.90. The molecule has 8 atom stereocenters. The average Bonchev–Trinajstić information content (AvgIpc) is 3.77. The number of methoxy groups -OCH3 is 2. The van der Waals surface area contributed by atoms with Gasteiger partial charge in [-0.05, 0) is 82.7 Å². The van der Waals surface area contributed by atoms with Crippen LogP contribution in [-0.4, -0.2) is 97.1 Å². The predicted molar refractivity (Wildman–Crippen MR) is 249 cm³/mol. The molecule has 0 spiro atoms. The van der Waals surface area contributed by atoms with Gasteiger partial charge in [0.05, 0.1) is 55.6 Å². The lowest BCUT2D eigenvalue weighted by Gasteiger charge is -2.36. The highest BCUT2D eigenvalue weighted by atomic mass is 16.5. The molecule has 10 rings (SSSR count). The first kappa shape index (κ1) is 43.0. The quantitative estimate of drug-likeness (QED) is 0.0853. The Kier molecular flexibility index (Phi) is 10.8. The molecule has 2 aliphatic heterocycles. The Bertz CT molecular complexity index is 2820. The Balaban J connectivity index is 0.834. The number of nitrogens with zero attached hydrogens (tertiary/aromatic N) is 4. The van der Waals surface area contributed by atoms with Crippen LogP contribution in [0.2, 0.25) is 0 Å². The molecule has 4 aliphatic rings. The van der Waals surface area contributed by atoms with Gasteiger partial charge >= 0.3 is 12.2 Å². The topological polar surface area (TPSA) is 190 Å². The van der Waals surface area contributed by atoms with Gasteiger partial charge in [-0.3, -0.25) is 9.59 Å². The molecule has 5 N–H and O–H groups in total. The van der Waals surface area contributed by atoms with Gasteiger partial charge in [0.15, 0.2) is 0 Å². The zero-order valence-electron chi connectivity index (χ0n) is 38.3. The molecule has 15 nitrogen and oxygen atoms in total. The first-order chi connectivity index (χ1) is 31.7. The van der Waals surface area contributed by atoms with Crippen LogP contribution < -0.4 is 10.6 Å². The van der Waals surface area contributed by atoms with Gasteiger partial charge in [0.1, 0.15) is 23.7 Å². The lowest BCUT2D eigenvalue weighted by Crippen LogP contribution is -2.55. The Morgan fingerprint density at radius 2 is 1.14 bits per heavy atom. The summed E-state index contributed by atoms with van der Waals surface area (Å²) in [4.78, 5) is 76.3. The van der Waals surface area contributed by atoms with Crippen molar-refractivity contribution in [2.24, 2.45) is 23.2 Å². The van der Waals surface area contributed by atoms with E-state index in [9.17, 15) is 19.2 Å². The number of hydrogen-bond donors (Lipinski definition) is 5. The number of H-pyrrole nitrogens is 3. The van der Waals surface area contributed by atoms with Gasteiger partial charge in [-0.1, -0.05) is 95.3 Å². The van der Waals surface area contributed by atoms with Gasteiger partial charge < -0.3 is 44.9 Å². The number of hydrogen-bond acceptors (Lipinski definition) is 8. The van der Waals surface area contributed by atoms with E-state index >= 15 is 0 Å². The molecule has 3 aromatic heterocycles. The largest absolute Gasteiger partial charge is 0.453 e. The molecule has 6 aromatic rings. The number of aromatic nitrogens is 5. The third-order valence-corrected chi connectivity index (χ3v) is 14.2. The highest BCUT2D eigenvalue weighted by Gasteiger charge is 2.58. The van der Waals surface area contributed by atoms with Gasteiger partial charge in [-0.2, -0.15) is 0 Å². The number of amides is 4. The van der Waals surface area contributed by atoms with E-state index in [1.165, 1.54) is 14.2 Å². The minimum atomic E-state index is -0.734. The van der Waals surface area contributed by atoms with Crippen molar-refractivity contribution in [3.8, 4) is 44.8 Å². The highest BCUT2D eigenvalue weighted by Crippen LogP contribution is 2.55. The van der Waals surface area contributed by atoms with Crippen molar-refractivity contribution in [3.63, 3.8) is 0 Å². The maximum absolute atomic E-state index is 14.1. The van der Waals surface area contributed by atoms with E-state index in [0.29, 0.717) is 11.8 Å². The van der Waals surface area contributed by atoms with Crippen LogP contribution in [0.5, 0.6) is 0 Å². The lowest BCUT2D eigenvalue weighted by atomic mass is 9.85. The van der Waals surface area contributed by atoms with Gasteiger partial charge in [-0.15, -0.1) is 0 Å². The molecule has 342 valence electrons. The molecule has 66 heavy (non-hydrogen) atoms. The number of imidazole rings is 2. The van der Waals surface area contributed by atoms with Gasteiger partial charge in [0, 0.05) is 29.2 Å². The minimum Gasteiger partial charge on any atom is -0.453 e. The molecule has 0 radical (unpaired) electrons. The average molecular weight is 892 g/mol. The van der Waals surface area contributed by atoms with Crippen LogP contribution in [0.3, 0.4) is 0 Å². The third kappa shape index (κ3) is 7.77. The van der Waals surface area contributed by atoms with Crippen LogP contribution in [0.25, 0.3) is 55.7 Å². The van der Waals surface area contributed by atoms with E-state index in [1.807, 2.05) is 63.0 Å². The van der Waals surface area contributed by atoms with Crippen LogP contribution >= 0.6 is 0 Å². The number of fused-ring (bicyclic) bond motifs is 3. The third-order valence-electron chi connectivity index (χ3n) is 14.2. The number of piperidine rings is 2. The maximum Gasteiger partial charge on any atom is 0.407 e. The number of carbonyl (C=O) groups excluding carboxylic acids is 4. The highest BCUT2D eigenvalue weighted by molar-refractivity contribution is 6.03. The van der Waals surface area contributed by atoms with E-state index in [2.05, 4.69) is 92.3 Å². The van der Waals surface area contributed by atoms with E-state index < -0.39 is 29.7 Å². The van der Waals surface area contributed by atoms with Crippen LogP contribution in [-0.2, 0) is 19.1 Å². The molecule has 2 saturated carbocycles. The number of ether oxygens (including phenoxy) is 2. The number of benzene rings is 3. The Morgan fingerprint density at radius 1 is 0.652 bits per heavy atom. The first-order valence-corrected chi connectivity index (χ1v) is 23.0. The molecule has 2 aliphatic carbocycles. The smallest absolute Gasteiger partial charge is 0.407 e. The molecule has 4 amide bonds. The van der Waals surface area contributed by atoms with Crippen LogP contribution in [0.4, 0.5) is 9.59 Å². The summed E-state index contributed by atoms with van der Waals surface area (Å²) < 4.78 is 9.68. The normalized spacial score (nSPS) is 22.7. The molecule has 15 heteroatoms. The van der Waals surface area contributed by atoms with Gasteiger partial charge in [0.2, 0.25) is 11.8 Å². The zero-order valence-corrected chi connectivity index (χ0v) is 38.3.